The van der Waals surface area contributed by atoms with Crippen LogP contribution in [0.15, 0.2) is 22.7 Å². The molecule has 2 unspecified atom stereocenters. The topological polar surface area (TPSA) is 12.0 Å². The second kappa shape index (κ2) is 4.03. The summed E-state index contributed by atoms with van der Waals surface area (Å²) < 4.78 is 1.17. The Morgan fingerprint density at radius 1 is 1.50 bits per heavy atom. The highest BCUT2D eigenvalue weighted by atomic mass is 79.9. The van der Waals surface area contributed by atoms with Crippen LogP contribution in [-0.4, -0.2) is 6.04 Å². The molecule has 0 heterocycles. The second-order valence-electron chi connectivity index (χ2n) is 4.27. The third-order valence-corrected chi connectivity index (χ3v) is 3.47. The Morgan fingerprint density at radius 2 is 2.21 bits per heavy atom. The van der Waals surface area contributed by atoms with E-state index in [1.165, 1.54) is 22.0 Å². The van der Waals surface area contributed by atoms with Crippen LogP contribution in [0, 0.1) is 12.8 Å². The van der Waals surface area contributed by atoms with Gasteiger partial charge in [-0.3, -0.25) is 0 Å². The van der Waals surface area contributed by atoms with Gasteiger partial charge < -0.3 is 5.32 Å². The summed E-state index contributed by atoms with van der Waals surface area (Å²) in [6.07, 6.45) is 1.34. The first-order chi connectivity index (χ1) is 6.66. The van der Waals surface area contributed by atoms with Gasteiger partial charge in [-0.05, 0) is 42.5 Å². The molecular weight excluding hydrogens is 238 g/mol. The maximum atomic E-state index is 3.57. The van der Waals surface area contributed by atoms with E-state index in [1.54, 1.807) is 0 Å². The Balaban J connectivity index is 1.97. The van der Waals surface area contributed by atoms with Gasteiger partial charge in [0, 0.05) is 17.1 Å². The minimum atomic E-state index is 0.758. The third-order valence-electron chi connectivity index (χ3n) is 2.98. The van der Waals surface area contributed by atoms with E-state index in [4.69, 9.17) is 0 Å². The van der Waals surface area contributed by atoms with Gasteiger partial charge in [-0.1, -0.05) is 28.9 Å². The molecule has 0 saturated heterocycles. The van der Waals surface area contributed by atoms with Crippen LogP contribution in [-0.2, 0) is 6.54 Å². The van der Waals surface area contributed by atoms with Crippen LogP contribution < -0.4 is 5.32 Å². The molecule has 1 aromatic carbocycles. The van der Waals surface area contributed by atoms with E-state index in [0.717, 1.165) is 18.5 Å². The van der Waals surface area contributed by atoms with Crippen molar-refractivity contribution in [2.24, 2.45) is 5.92 Å². The second-order valence-corrected chi connectivity index (χ2v) is 5.19. The first-order valence-corrected chi connectivity index (χ1v) is 5.94. The fraction of sp³-hybridized carbons (Fsp3) is 0.500. The van der Waals surface area contributed by atoms with Crippen molar-refractivity contribution in [3.8, 4) is 0 Å². The van der Waals surface area contributed by atoms with Gasteiger partial charge in [0.2, 0.25) is 0 Å². The first kappa shape index (κ1) is 10.2. The average molecular weight is 254 g/mol. The van der Waals surface area contributed by atoms with Crippen LogP contribution in [0.25, 0.3) is 0 Å². The summed E-state index contributed by atoms with van der Waals surface area (Å²) in [5.74, 6) is 0.877. The highest BCUT2D eigenvalue weighted by molar-refractivity contribution is 9.10. The van der Waals surface area contributed by atoms with E-state index >= 15 is 0 Å². The molecule has 76 valence electrons. The molecule has 1 aliphatic rings. The van der Waals surface area contributed by atoms with Gasteiger partial charge in [-0.25, -0.2) is 0 Å². The van der Waals surface area contributed by atoms with Gasteiger partial charge in [-0.2, -0.15) is 0 Å². The van der Waals surface area contributed by atoms with Crippen molar-refractivity contribution in [2.45, 2.75) is 32.9 Å². The zero-order chi connectivity index (χ0) is 10.1. The summed E-state index contributed by atoms with van der Waals surface area (Å²) in [4.78, 5) is 0. The molecule has 0 bridgehead atoms. The number of nitrogens with one attached hydrogen (secondary N) is 1. The Kier molecular flexibility index (Phi) is 2.93. The molecule has 2 heteroatoms. The predicted molar refractivity (Wildman–Crippen MR) is 63.3 cm³/mol. The molecule has 1 N–H and O–H groups in total. The zero-order valence-electron chi connectivity index (χ0n) is 8.68. The molecule has 0 radical (unpaired) electrons. The van der Waals surface area contributed by atoms with Crippen molar-refractivity contribution in [1.29, 1.82) is 0 Å². The lowest BCUT2D eigenvalue weighted by atomic mass is 10.1. The molecule has 0 aromatic heterocycles. The third kappa shape index (κ3) is 2.37. The number of halogens is 1. The summed E-state index contributed by atoms with van der Waals surface area (Å²) in [5.41, 5.74) is 2.77. The van der Waals surface area contributed by atoms with Gasteiger partial charge >= 0.3 is 0 Å². The van der Waals surface area contributed by atoms with E-state index in [2.05, 4.69) is 53.3 Å². The quantitative estimate of drug-likeness (QED) is 0.873. The normalized spacial score (nSPS) is 25.1. The van der Waals surface area contributed by atoms with Crippen molar-refractivity contribution < 1.29 is 0 Å². The van der Waals surface area contributed by atoms with E-state index in [0.29, 0.717) is 0 Å². The van der Waals surface area contributed by atoms with E-state index in [9.17, 15) is 0 Å². The Hall–Kier alpha value is -0.340. The summed E-state index contributed by atoms with van der Waals surface area (Å²) in [6.45, 7) is 5.46. The van der Waals surface area contributed by atoms with Crippen LogP contribution in [0.3, 0.4) is 0 Å². The van der Waals surface area contributed by atoms with Crippen molar-refractivity contribution in [1.82, 2.24) is 5.32 Å². The lowest BCUT2D eigenvalue weighted by molar-refractivity contribution is 0.650. The van der Waals surface area contributed by atoms with Crippen molar-refractivity contribution in [2.75, 3.05) is 0 Å². The molecule has 1 aliphatic carbocycles. The fourth-order valence-corrected chi connectivity index (χ4v) is 2.09. The molecule has 1 fully saturated rings. The Labute approximate surface area is 94.0 Å². The molecule has 0 spiro atoms. The monoisotopic (exact) mass is 253 g/mol. The molecule has 2 rings (SSSR count). The van der Waals surface area contributed by atoms with Gasteiger partial charge in [-0.15, -0.1) is 0 Å². The first-order valence-electron chi connectivity index (χ1n) is 5.15. The number of benzene rings is 1. The van der Waals surface area contributed by atoms with Crippen molar-refractivity contribution in [3.63, 3.8) is 0 Å². The molecular formula is C12H16BrN. The summed E-state index contributed by atoms with van der Waals surface area (Å²) >= 11 is 3.50. The van der Waals surface area contributed by atoms with E-state index in [1.807, 2.05) is 0 Å². The standard InChI is InChI=1S/C12H16BrN/c1-8-3-4-11(13)6-10(8)7-14-12-5-9(12)2/h3-4,6,9,12,14H,5,7H2,1-2H3. The molecule has 0 aliphatic heterocycles. The smallest absolute Gasteiger partial charge is 0.0211 e. The van der Waals surface area contributed by atoms with Gasteiger partial charge in [0.05, 0.1) is 0 Å². The molecule has 1 saturated carbocycles. The average Bonchev–Trinajstić information content (AvgIpc) is 2.84. The number of rotatable bonds is 3. The molecule has 14 heavy (non-hydrogen) atoms. The minimum absolute atomic E-state index is 0.758. The maximum Gasteiger partial charge on any atom is 0.0211 e. The fourth-order valence-electron chi connectivity index (χ4n) is 1.68. The number of hydrogen-bond acceptors (Lipinski definition) is 1. The van der Waals surface area contributed by atoms with Crippen LogP contribution >= 0.6 is 15.9 Å². The van der Waals surface area contributed by atoms with Crippen LogP contribution in [0.2, 0.25) is 0 Å². The lowest BCUT2D eigenvalue weighted by Gasteiger charge is -2.07. The SMILES string of the molecule is Cc1ccc(Br)cc1CNC1CC1C. The van der Waals surface area contributed by atoms with Gasteiger partial charge in [0.15, 0.2) is 0 Å². The summed E-state index contributed by atoms with van der Waals surface area (Å²) in [6, 6.07) is 7.22. The highest BCUT2D eigenvalue weighted by Crippen LogP contribution is 2.29. The highest BCUT2D eigenvalue weighted by Gasteiger charge is 2.31. The van der Waals surface area contributed by atoms with Crippen LogP contribution in [0.1, 0.15) is 24.5 Å². The zero-order valence-corrected chi connectivity index (χ0v) is 10.3. The summed E-state index contributed by atoms with van der Waals surface area (Å²) in [5, 5.41) is 3.57. The minimum Gasteiger partial charge on any atom is -0.310 e. The number of hydrogen-bond donors (Lipinski definition) is 1. The van der Waals surface area contributed by atoms with Crippen molar-refractivity contribution >= 4 is 15.9 Å². The predicted octanol–water partition coefficient (Wildman–Crippen LogP) is 3.26. The molecule has 1 aromatic rings. The van der Waals surface area contributed by atoms with Crippen LogP contribution in [0.5, 0.6) is 0 Å². The van der Waals surface area contributed by atoms with Crippen molar-refractivity contribution in [3.05, 3.63) is 33.8 Å². The molecule has 1 nitrogen and oxygen atoms in total. The van der Waals surface area contributed by atoms with E-state index < -0.39 is 0 Å². The van der Waals surface area contributed by atoms with Gasteiger partial charge in [0.1, 0.15) is 0 Å². The summed E-state index contributed by atoms with van der Waals surface area (Å²) in [7, 11) is 0. The largest absolute Gasteiger partial charge is 0.310 e. The maximum absolute atomic E-state index is 3.57. The molecule has 2 atom stereocenters. The van der Waals surface area contributed by atoms with Crippen LogP contribution in [0.4, 0.5) is 0 Å². The van der Waals surface area contributed by atoms with Gasteiger partial charge in [0.25, 0.3) is 0 Å². The Morgan fingerprint density at radius 3 is 2.86 bits per heavy atom. The lowest BCUT2D eigenvalue weighted by Crippen LogP contribution is -2.17. The molecule has 0 amide bonds. The van der Waals surface area contributed by atoms with E-state index in [-0.39, 0.29) is 0 Å². The Bertz CT molecular complexity index is 335. The number of aryl methyl sites for hydroxylation is 1.